The zero-order chi connectivity index (χ0) is 17.5. The SMILES string of the molecule is COc1ccc(CC(=O)NC(=S)Nc2ccccc2C(C)C)cc1. The van der Waals surface area contributed by atoms with Gasteiger partial charge in [0.2, 0.25) is 5.91 Å². The summed E-state index contributed by atoms with van der Waals surface area (Å²) in [6.07, 6.45) is 0.262. The largest absolute Gasteiger partial charge is 0.497 e. The minimum absolute atomic E-state index is 0.153. The van der Waals surface area contributed by atoms with Gasteiger partial charge in [0.1, 0.15) is 5.75 Å². The molecule has 0 saturated carbocycles. The number of anilines is 1. The lowest BCUT2D eigenvalue weighted by molar-refractivity contribution is -0.119. The molecule has 24 heavy (non-hydrogen) atoms. The Labute approximate surface area is 148 Å². The van der Waals surface area contributed by atoms with Crippen LogP contribution in [0.15, 0.2) is 48.5 Å². The number of methoxy groups -OCH3 is 1. The molecule has 0 aromatic heterocycles. The van der Waals surface area contributed by atoms with Gasteiger partial charge in [0.05, 0.1) is 13.5 Å². The molecule has 4 nitrogen and oxygen atoms in total. The zero-order valence-electron chi connectivity index (χ0n) is 14.1. The second-order valence-corrected chi connectivity index (χ2v) is 6.18. The average molecular weight is 342 g/mol. The number of ether oxygens (including phenoxy) is 1. The van der Waals surface area contributed by atoms with Crippen LogP contribution in [0.1, 0.15) is 30.9 Å². The summed E-state index contributed by atoms with van der Waals surface area (Å²) in [5, 5.41) is 6.14. The first kappa shape index (κ1) is 17.9. The molecule has 0 saturated heterocycles. The molecule has 0 fully saturated rings. The molecule has 2 rings (SSSR count). The molecule has 0 radical (unpaired) electrons. The third-order valence-corrected chi connectivity index (χ3v) is 3.81. The van der Waals surface area contributed by atoms with Crippen molar-refractivity contribution in [2.24, 2.45) is 0 Å². The van der Waals surface area contributed by atoms with Gasteiger partial charge >= 0.3 is 0 Å². The minimum Gasteiger partial charge on any atom is -0.497 e. The van der Waals surface area contributed by atoms with E-state index in [1.54, 1.807) is 7.11 Å². The first-order chi connectivity index (χ1) is 11.5. The van der Waals surface area contributed by atoms with Crippen LogP contribution >= 0.6 is 12.2 Å². The molecule has 0 bridgehead atoms. The van der Waals surface area contributed by atoms with Gasteiger partial charge in [-0.2, -0.15) is 0 Å². The quantitative estimate of drug-likeness (QED) is 0.810. The number of carbonyl (C=O) groups is 1. The topological polar surface area (TPSA) is 50.4 Å². The van der Waals surface area contributed by atoms with Crippen molar-refractivity contribution in [2.45, 2.75) is 26.2 Å². The van der Waals surface area contributed by atoms with Gasteiger partial charge in [0.15, 0.2) is 5.11 Å². The van der Waals surface area contributed by atoms with Gasteiger partial charge in [-0.15, -0.1) is 0 Å². The van der Waals surface area contributed by atoms with Crippen molar-refractivity contribution in [1.82, 2.24) is 5.32 Å². The lowest BCUT2D eigenvalue weighted by Gasteiger charge is -2.15. The van der Waals surface area contributed by atoms with E-state index in [9.17, 15) is 4.79 Å². The van der Waals surface area contributed by atoms with Crippen molar-refractivity contribution in [2.75, 3.05) is 12.4 Å². The van der Waals surface area contributed by atoms with Crippen molar-refractivity contribution in [1.29, 1.82) is 0 Å². The van der Waals surface area contributed by atoms with E-state index in [0.29, 0.717) is 11.0 Å². The van der Waals surface area contributed by atoms with Gasteiger partial charge in [-0.25, -0.2) is 0 Å². The van der Waals surface area contributed by atoms with E-state index < -0.39 is 0 Å². The fraction of sp³-hybridized carbons (Fsp3) is 0.263. The molecular weight excluding hydrogens is 320 g/mol. The standard InChI is InChI=1S/C19H22N2O2S/c1-13(2)16-6-4-5-7-17(16)20-19(24)21-18(22)12-14-8-10-15(23-3)11-9-14/h4-11,13H,12H2,1-3H3,(H2,20,21,22,24). The number of hydrogen-bond donors (Lipinski definition) is 2. The third kappa shape index (κ3) is 5.06. The lowest BCUT2D eigenvalue weighted by Crippen LogP contribution is -2.35. The number of nitrogens with one attached hydrogen (secondary N) is 2. The van der Waals surface area contributed by atoms with Crippen molar-refractivity contribution in [3.05, 3.63) is 59.7 Å². The fourth-order valence-electron chi connectivity index (χ4n) is 2.37. The van der Waals surface area contributed by atoms with Gasteiger partial charge in [-0.3, -0.25) is 4.79 Å². The first-order valence-corrected chi connectivity index (χ1v) is 8.23. The summed E-state index contributed by atoms with van der Waals surface area (Å²) in [7, 11) is 1.61. The number of para-hydroxylation sites is 1. The number of rotatable bonds is 5. The van der Waals surface area contributed by atoms with Crippen LogP contribution < -0.4 is 15.4 Å². The first-order valence-electron chi connectivity index (χ1n) is 7.82. The summed E-state index contributed by atoms with van der Waals surface area (Å²) in [6, 6.07) is 15.3. The highest BCUT2D eigenvalue weighted by Crippen LogP contribution is 2.23. The molecule has 0 unspecified atom stereocenters. The van der Waals surface area contributed by atoms with Gasteiger partial charge < -0.3 is 15.4 Å². The molecule has 2 aromatic rings. The average Bonchev–Trinajstić information content (AvgIpc) is 2.55. The van der Waals surface area contributed by atoms with E-state index in [4.69, 9.17) is 17.0 Å². The second-order valence-electron chi connectivity index (χ2n) is 5.77. The summed E-state index contributed by atoms with van der Waals surface area (Å²) in [5.74, 6) is 0.979. The summed E-state index contributed by atoms with van der Waals surface area (Å²) < 4.78 is 5.10. The molecule has 0 atom stereocenters. The van der Waals surface area contributed by atoms with Gasteiger partial charge in [-0.1, -0.05) is 44.2 Å². The van der Waals surface area contributed by atoms with E-state index in [0.717, 1.165) is 22.6 Å². The lowest BCUT2D eigenvalue weighted by atomic mass is 10.0. The van der Waals surface area contributed by atoms with E-state index in [-0.39, 0.29) is 12.3 Å². The Bertz CT molecular complexity index is 712. The number of amides is 1. The monoisotopic (exact) mass is 342 g/mol. The van der Waals surface area contributed by atoms with Crippen molar-refractivity contribution < 1.29 is 9.53 Å². The van der Waals surface area contributed by atoms with Crippen LogP contribution in [0.3, 0.4) is 0 Å². The van der Waals surface area contributed by atoms with Crippen LogP contribution in [0.25, 0.3) is 0 Å². The number of hydrogen-bond acceptors (Lipinski definition) is 3. The highest BCUT2D eigenvalue weighted by molar-refractivity contribution is 7.80. The molecule has 0 aliphatic carbocycles. The van der Waals surface area contributed by atoms with E-state index in [1.165, 1.54) is 0 Å². The van der Waals surface area contributed by atoms with Crippen LogP contribution in [0, 0.1) is 0 Å². The maximum absolute atomic E-state index is 12.1. The molecule has 1 amide bonds. The van der Waals surface area contributed by atoms with Gasteiger partial charge in [0, 0.05) is 5.69 Å². The van der Waals surface area contributed by atoms with Crippen LogP contribution in [0.2, 0.25) is 0 Å². The van der Waals surface area contributed by atoms with Gasteiger partial charge in [0.25, 0.3) is 0 Å². The Morgan fingerprint density at radius 2 is 1.79 bits per heavy atom. The minimum atomic E-state index is -0.153. The summed E-state index contributed by atoms with van der Waals surface area (Å²) in [6.45, 7) is 4.23. The van der Waals surface area contributed by atoms with Crippen LogP contribution in [0.4, 0.5) is 5.69 Å². The second kappa shape index (κ2) is 8.45. The van der Waals surface area contributed by atoms with Crippen molar-refractivity contribution in [3.8, 4) is 5.75 Å². The normalized spacial score (nSPS) is 10.3. The number of thiocarbonyl (C=S) groups is 1. The highest BCUT2D eigenvalue weighted by Gasteiger charge is 2.10. The van der Waals surface area contributed by atoms with Crippen LogP contribution in [-0.2, 0) is 11.2 Å². The Balaban J connectivity index is 1.93. The smallest absolute Gasteiger partial charge is 0.230 e. The molecule has 0 spiro atoms. The van der Waals surface area contributed by atoms with Crippen LogP contribution in [0.5, 0.6) is 5.75 Å². The number of carbonyl (C=O) groups excluding carboxylic acids is 1. The van der Waals surface area contributed by atoms with E-state index >= 15 is 0 Å². The maximum atomic E-state index is 12.1. The zero-order valence-corrected chi connectivity index (χ0v) is 14.9. The molecule has 2 N–H and O–H groups in total. The summed E-state index contributed by atoms with van der Waals surface area (Å²) in [5.41, 5.74) is 2.98. The molecule has 126 valence electrons. The molecule has 5 heteroatoms. The predicted octanol–water partition coefficient (Wildman–Crippen LogP) is 3.87. The molecule has 0 aliphatic rings. The van der Waals surface area contributed by atoms with Crippen LogP contribution in [-0.4, -0.2) is 18.1 Å². The Hall–Kier alpha value is -2.40. The molecule has 0 heterocycles. The highest BCUT2D eigenvalue weighted by atomic mass is 32.1. The predicted molar refractivity (Wildman–Crippen MR) is 102 cm³/mol. The number of benzene rings is 2. The molecule has 2 aromatic carbocycles. The van der Waals surface area contributed by atoms with Crippen molar-refractivity contribution in [3.63, 3.8) is 0 Å². The Morgan fingerprint density at radius 1 is 1.12 bits per heavy atom. The van der Waals surface area contributed by atoms with E-state index in [2.05, 4.69) is 30.5 Å². The third-order valence-electron chi connectivity index (χ3n) is 3.61. The Morgan fingerprint density at radius 3 is 2.42 bits per heavy atom. The molecule has 0 aliphatic heterocycles. The van der Waals surface area contributed by atoms with E-state index in [1.807, 2.05) is 42.5 Å². The summed E-state index contributed by atoms with van der Waals surface area (Å²) >= 11 is 5.25. The molecular formula is C19H22N2O2S. The van der Waals surface area contributed by atoms with Crippen molar-refractivity contribution >= 4 is 28.9 Å². The Kier molecular flexibility index (Phi) is 6.32. The van der Waals surface area contributed by atoms with Gasteiger partial charge in [-0.05, 0) is 47.5 Å². The maximum Gasteiger partial charge on any atom is 0.230 e. The summed E-state index contributed by atoms with van der Waals surface area (Å²) in [4.78, 5) is 12.1. The fourth-order valence-corrected chi connectivity index (χ4v) is 2.59.